The second-order valence-electron chi connectivity index (χ2n) is 12.7. The van der Waals surface area contributed by atoms with E-state index < -0.39 is 5.97 Å². The molecule has 0 saturated heterocycles. The molecule has 4 aliphatic rings. The zero-order valence-corrected chi connectivity index (χ0v) is 20.5. The zero-order chi connectivity index (χ0) is 23.4. The van der Waals surface area contributed by atoms with Gasteiger partial charge in [0.2, 0.25) is 0 Å². The number of fused-ring (bicyclic) bond motifs is 5. The average molecular weight is 451 g/mol. The third kappa shape index (κ3) is 3.84. The highest BCUT2D eigenvalue weighted by atomic mass is 16.4. The van der Waals surface area contributed by atoms with Gasteiger partial charge in [0.25, 0.3) is 0 Å². The molecular formula is C27H46O5. The Balaban J connectivity index is 1.51. The molecule has 0 aromatic heterocycles. The number of rotatable bonds is 6. The van der Waals surface area contributed by atoms with Crippen LogP contribution in [-0.4, -0.2) is 44.7 Å². The molecule has 0 heterocycles. The van der Waals surface area contributed by atoms with Crippen molar-refractivity contribution in [3.05, 3.63) is 0 Å². The summed E-state index contributed by atoms with van der Waals surface area (Å²) >= 11 is 0. The van der Waals surface area contributed by atoms with Crippen LogP contribution in [0.5, 0.6) is 0 Å². The van der Waals surface area contributed by atoms with E-state index in [1.165, 1.54) is 0 Å². The first-order valence-electron chi connectivity index (χ1n) is 13.3. The maximum atomic E-state index is 11.6. The number of carboxylic acid groups (broad SMARTS) is 1. The van der Waals surface area contributed by atoms with Gasteiger partial charge in [-0.25, -0.2) is 0 Å². The lowest BCUT2D eigenvalue weighted by molar-refractivity contribution is -0.207. The lowest BCUT2D eigenvalue weighted by atomic mass is 9.43. The van der Waals surface area contributed by atoms with Crippen LogP contribution in [0.2, 0.25) is 0 Å². The Labute approximate surface area is 194 Å². The van der Waals surface area contributed by atoms with E-state index in [0.29, 0.717) is 36.0 Å². The summed E-state index contributed by atoms with van der Waals surface area (Å²) in [5, 5.41) is 42.4. The van der Waals surface area contributed by atoms with Gasteiger partial charge in [0, 0.05) is 0 Å². The van der Waals surface area contributed by atoms with Gasteiger partial charge in [0.1, 0.15) is 0 Å². The summed E-state index contributed by atoms with van der Waals surface area (Å²) in [4.78, 5) is 11.2. The van der Waals surface area contributed by atoms with Crippen molar-refractivity contribution < 1.29 is 25.2 Å². The molecule has 0 radical (unpaired) electrons. The van der Waals surface area contributed by atoms with E-state index in [9.17, 15) is 25.2 Å². The molecule has 4 N–H and O–H groups in total. The Kier molecular flexibility index (Phi) is 6.77. The minimum atomic E-state index is -0.715. The van der Waals surface area contributed by atoms with Crippen molar-refractivity contribution in [3.8, 4) is 0 Å². The molecule has 0 amide bonds. The molecule has 184 valence electrons. The number of hydrogen-bond donors (Lipinski definition) is 4. The number of aliphatic hydroxyl groups is 3. The highest BCUT2D eigenvalue weighted by Crippen LogP contribution is 2.68. The van der Waals surface area contributed by atoms with Gasteiger partial charge in [-0.05, 0) is 97.7 Å². The number of carbonyl (C=O) groups is 1. The summed E-state index contributed by atoms with van der Waals surface area (Å²) in [6.07, 6.45) is 8.11. The molecule has 5 heteroatoms. The van der Waals surface area contributed by atoms with Crippen LogP contribution in [0.25, 0.3) is 0 Å². The van der Waals surface area contributed by atoms with E-state index in [4.69, 9.17) is 0 Å². The zero-order valence-electron chi connectivity index (χ0n) is 20.5. The molecule has 32 heavy (non-hydrogen) atoms. The number of carboxylic acids is 1. The van der Waals surface area contributed by atoms with Gasteiger partial charge in [0.05, 0.1) is 24.2 Å². The number of aliphatic carboxylic acids is 1. The van der Waals surface area contributed by atoms with Crippen LogP contribution in [-0.2, 0) is 4.79 Å². The highest BCUT2D eigenvalue weighted by molar-refractivity contribution is 5.69. The van der Waals surface area contributed by atoms with Gasteiger partial charge in [-0.1, -0.05) is 40.5 Å². The van der Waals surface area contributed by atoms with Crippen LogP contribution in [0, 0.1) is 52.3 Å². The third-order valence-corrected chi connectivity index (χ3v) is 11.2. The van der Waals surface area contributed by atoms with Gasteiger partial charge in [-0.3, -0.25) is 4.79 Å². The first-order chi connectivity index (χ1) is 15.0. The minimum absolute atomic E-state index is 0.113. The molecule has 0 bridgehead atoms. The van der Waals surface area contributed by atoms with Gasteiger partial charge < -0.3 is 20.4 Å². The molecule has 0 unspecified atom stereocenters. The van der Waals surface area contributed by atoms with Crippen molar-refractivity contribution in [1.82, 2.24) is 0 Å². The quantitative estimate of drug-likeness (QED) is 0.478. The summed E-state index contributed by atoms with van der Waals surface area (Å²) in [5.41, 5.74) is -0.0561. The molecule has 4 saturated carbocycles. The summed E-state index contributed by atoms with van der Waals surface area (Å²) in [6.45, 7) is 8.74. The summed E-state index contributed by atoms with van der Waals surface area (Å²) in [5.74, 6) is 1.16. The largest absolute Gasteiger partial charge is 0.481 e. The Morgan fingerprint density at radius 1 is 0.969 bits per heavy atom. The topological polar surface area (TPSA) is 98.0 Å². The SMILES string of the molecule is C[C@H](CCC[C@@H](C)[C@H]1CC[C@H]2[C@@H]3[C@H](O)C[C@@H]4C[C@H](O)CC[C@]4(C)[C@H]3C[C@H](O)[C@]12C)C(=O)O. The lowest BCUT2D eigenvalue weighted by Crippen LogP contribution is -2.62. The predicted octanol–water partition coefficient (Wildman–Crippen LogP) is 4.47. The van der Waals surface area contributed by atoms with Crippen molar-refractivity contribution in [2.24, 2.45) is 52.3 Å². The Morgan fingerprint density at radius 2 is 1.69 bits per heavy atom. The molecule has 0 aromatic rings. The first kappa shape index (κ1) is 24.5. The Bertz CT molecular complexity index is 696. The summed E-state index contributed by atoms with van der Waals surface area (Å²) in [7, 11) is 0. The number of aliphatic hydroxyl groups excluding tert-OH is 3. The Hall–Kier alpha value is -0.650. The van der Waals surface area contributed by atoms with Crippen LogP contribution in [0.3, 0.4) is 0 Å². The molecule has 0 aromatic carbocycles. The fourth-order valence-corrected chi connectivity index (χ4v) is 9.20. The van der Waals surface area contributed by atoms with E-state index in [2.05, 4.69) is 20.8 Å². The lowest BCUT2D eigenvalue weighted by Gasteiger charge is -2.63. The molecule has 12 atom stereocenters. The van der Waals surface area contributed by atoms with Crippen molar-refractivity contribution in [3.63, 3.8) is 0 Å². The van der Waals surface area contributed by atoms with Crippen LogP contribution in [0.4, 0.5) is 0 Å². The Morgan fingerprint density at radius 3 is 2.38 bits per heavy atom. The molecule has 0 aliphatic heterocycles. The smallest absolute Gasteiger partial charge is 0.306 e. The molecule has 4 fully saturated rings. The minimum Gasteiger partial charge on any atom is -0.481 e. The van der Waals surface area contributed by atoms with Crippen LogP contribution >= 0.6 is 0 Å². The second-order valence-corrected chi connectivity index (χ2v) is 12.7. The van der Waals surface area contributed by atoms with Crippen LogP contribution < -0.4 is 0 Å². The van der Waals surface area contributed by atoms with Gasteiger partial charge in [-0.2, -0.15) is 0 Å². The van der Waals surface area contributed by atoms with E-state index in [-0.39, 0.29) is 41.0 Å². The first-order valence-corrected chi connectivity index (χ1v) is 13.3. The normalized spacial score (nSPS) is 50.1. The predicted molar refractivity (Wildman–Crippen MR) is 124 cm³/mol. The van der Waals surface area contributed by atoms with Gasteiger partial charge in [0.15, 0.2) is 0 Å². The third-order valence-electron chi connectivity index (χ3n) is 11.2. The van der Waals surface area contributed by atoms with Crippen molar-refractivity contribution in [2.45, 2.75) is 110 Å². The maximum Gasteiger partial charge on any atom is 0.306 e. The molecule has 4 rings (SSSR count). The fraction of sp³-hybridized carbons (Fsp3) is 0.963. The van der Waals surface area contributed by atoms with E-state index in [0.717, 1.165) is 57.8 Å². The second kappa shape index (κ2) is 8.85. The summed E-state index contributed by atoms with van der Waals surface area (Å²) < 4.78 is 0. The van der Waals surface area contributed by atoms with E-state index in [1.807, 2.05) is 0 Å². The molecular weight excluding hydrogens is 404 g/mol. The standard InChI is InChI=1S/C27H46O5/c1-15(6-5-7-16(2)25(31)32)19-8-9-20-24-21(14-23(30)27(19,20)4)26(3)11-10-18(28)12-17(26)13-22(24)29/h15-24,28-30H,5-14H2,1-4H3,(H,31,32)/t15-,16-,17+,18-,19-,20+,21+,22-,23+,24+,26+,27-/m1/s1. The molecule has 4 aliphatic carbocycles. The van der Waals surface area contributed by atoms with Crippen molar-refractivity contribution in [2.75, 3.05) is 0 Å². The summed E-state index contributed by atoms with van der Waals surface area (Å²) in [6, 6.07) is 0. The fourth-order valence-electron chi connectivity index (χ4n) is 9.20. The van der Waals surface area contributed by atoms with Gasteiger partial charge in [-0.15, -0.1) is 0 Å². The maximum absolute atomic E-state index is 11.6. The van der Waals surface area contributed by atoms with Crippen LogP contribution in [0.15, 0.2) is 0 Å². The monoisotopic (exact) mass is 450 g/mol. The van der Waals surface area contributed by atoms with Gasteiger partial charge >= 0.3 is 5.97 Å². The van der Waals surface area contributed by atoms with Crippen LogP contribution in [0.1, 0.15) is 91.9 Å². The van der Waals surface area contributed by atoms with Crippen molar-refractivity contribution in [1.29, 1.82) is 0 Å². The molecule has 5 nitrogen and oxygen atoms in total. The van der Waals surface area contributed by atoms with E-state index >= 15 is 0 Å². The highest BCUT2D eigenvalue weighted by Gasteiger charge is 2.65. The van der Waals surface area contributed by atoms with E-state index in [1.54, 1.807) is 6.92 Å². The van der Waals surface area contributed by atoms with Crippen molar-refractivity contribution >= 4 is 5.97 Å². The number of hydrogen-bond acceptors (Lipinski definition) is 4. The molecule has 0 spiro atoms. The average Bonchev–Trinajstić information content (AvgIpc) is 3.08.